The quantitative estimate of drug-likeness (QED) is 0.641. The van der Waals surface area contributed by atoms with Gasteiger partial charge in [-0.25, -0.2) is 9.18 Å². The molecule has 0 spiro atoms. The van der Waals surface area contributed by atoms with Crippen LogP contribution in [0.25, 0.3) is 5.69 Å². The summed E-state index contributed by atoms with van der Waals surface area (Å²) >= 11 is 0. The number of aromatic amines is 1. The molecule has 8 nitrogen and oxygen atoms in total. The van der Waals surface area contributed by atoms with Crippen molar-refractivity contribution in [2.75, 3.05) is 0 Å². The summed E-state index contributed by atoms with van der Waals surface area (Å²) in [5, 5.41) is 19.3. The van der Waals surface area contributed by atoms with Gasteiger partial charge in [0.15, 0.2) is 5.82 Å². The molecule has 0 unspecified atom stereocenters. The lowest BCUT2D eigenvalue weighted by Gasteiger charge is -2.07. The Bertz CT molecular complexity index is 910. The van der Waals surface area contributed by atoms with Crippen LogP contribution >= 0.6 is 0 Å². The number of aromatic nitrogens is 2. The largest absolute Gasteiger partial charge is 0.333 e. The Labute approximate surface area is 113 Å². The summed E-state index contributed by atoms with van der Waals surface area (Å²) in [6.07, 6.45) is 0.710. The molecule has 0 amide bonds. The lowest BCUT2D eigenvalue weighted by molar-refractivity contribution is -0.387. The second kappa shape index (κ2) is 4.97. The second-order valence-electron chi connectivity index (χ2n) is 3.80. The molecule has 0 saturated carbocycles. The molecule has 1 N–H and O–H groups in total. The molecule has 2 rings (SSSR count). The molecule has 0 bridgehead atoms. The minimum absolute atomic E-state index is 0.233. The molecule has 0 fully saturated rings. The van der Waals surface area contributed by atoms with Gasteiger partial charge in [0.05, 0.1) is 10.6 Å². The monoisotopic (exact) mass is 294 g/mol. The Balaban J connectivity index is 2.82. The van der Waals surface area contributed by atoms with Crippen molar-refractivity contribution < 1.29 is 13.7 Å². The van der Waals surface area contributed by atoms with Crippen molar-refractivity contribution in [2.24, 2.45) is 0 Å². The number of nitro benzene ring substituents is 1. The average Bonchev–Trinajstić information content (AvgIpc) is 2.39. The van der Waals surface area contributed by atoms with Crippen molar-refractivity contribution in [2.45, 2.75) is 0 Å². The van der Waals surface area contributed by atoms with Crippen LogP contribution < -0.4 is 11.2 Å². The zero-order valence-corrected chi connectivity index (χ0v) is 9.96. The van der Waals surface area contributed by atoms with Gasteiger partial charge >= 0.3 is 11.4 Å². The van der Waals surface area contributed by atoms with Crippen molar-refractivity contribution in [3.63, 3.8) is 0 Å². The van der Waals surface area contributed by atoms with Crippen molar-refractivity contribution in [3.05, 3.63) is 66.5 Å². The number of rotatable bonds is 2. The molecule has 0 radical (unpaired) electrons. The van der Waals surface area contributed by atoms with E-state index in [-0.39, 0.29) is 6.07 Å². The predicted octanol–water partition coefficient (Wildman–Crippen LogP) is 0.584. The van der Waals surface area contributed by atoms with Gasteiger partial charge in [0.25, 0.3) is 5.56 Å². The third-order valence-electron chi connectivity index (χ3n) is 2.54. The number of benzene rings is 1. The van der Waals surface area contributed by atoms with E-state index in [1.807, 2.05) is 0 Å². The van der Waals surface area contributed by atoms with E-state index in [1.165, 1.54) is 6.07 Å². The Kier molecular flexibility index (Phi) is 3.33. The molecule has 21 heavy (non-hydrogen) atoms. The first kappa shape index (κ1) is 14.1. The van der Waals surface area contributed by atoms with E-state index in [1.54, 1.807) is 4.98 Å². The summed E-state index contributed by atoms with van der Waals surface area (Å²) in [7, 11) is 0. The van der Waals surface area contributed by atoms with E-state index in [0.717, 1.165) is 0 Å². The van der Waals surface area contributed by atoms with Gasteiger partial charge < -0.3 is 0 Å². The molecule has 0 aliphatic heterocycles. The van der Waals surface area contributed by atoms with Crippen LogP contribution in [0, 0.1) is 33.1 Å². The Hall–Kier alpha value is -3.35. The van der Waals surface area contributed by atoms with Crippen LogP contribution in [0.15, 0.2) is 27.9 Å². The molecule has 10 heteroatoms. The van der Waals surface area contributed by atoms with Crippen molar-refractivity contribution >= 4 is 5.69 Å². The van der Waals surface area contributed by atoms with Crippen LogP contribution in [0.5, 0.6) is 0 Å². The molecular weight excluding hydrogens is 290 g/mol. The molecule has 0 aliphatic rings. The number of nitro groups is 1. The van der Waals surface area contributed by atoms with Gasteiger partial charge in [-0.05, 0) is 0 Å². The van der Waals surface area contributed by atoms with Crippen LogP contribution in [-0.2, 0) is 0 Å². The van der Waals surface area contributed by atoms with Gasteiger partial charge in [-0.15, -0.1) is 0 Å². The maximum absolute atomic E-state index is 13.7. The normalized spacial score (nSPS) is 10.1. The molecule has 1 aromatic heterocycles. The maximum Gasteiger partial charge on any atom is 0.333 e. The highest BCUT2D eigenvalue weighted by Crippen LogP contribution is 2.23. The fourth-order valence-corrected chi connectivity index (χ4v) is 1.58. The Morgan fingerprint density at radius 1 is 1.29 bits per heavy atom. The highest BCUT2D eigenvalue weighted by atomic mass is 19.1. The predicted molar refractivity (Wildman–Crippen MR) is 63.9 cm³/mol. The van der Waals surface area contributed by atoms with Gasteiger partial charge in [-0.3, -0.25) is 24.5 Å². The third kappa shape index (κ3) is 2.39. The van der Waals surface area contributed by atoms with E-state index >= 15 is 0 Å². The van der Waals surface area contributed by atoms with E-state index in [0.29, 0.717) is 16.8 Å². The highest BCUT2D eigenvalue weighted by molar-refractivity contribution is 5.46. The molecule has 1 aromatic carbocycles. The minimum Gasteiger partial charge on any atom is -0.273 e. The third-order valence-corrected chi connectivity index (χ3v) is 2.54. The fourth-order valence-electron chi connectivity index (χ4n) is 1.58. The second-order valence-corrected chi connectivity index (χ2v) is 3.80. The minimum atomic E-state index is -1.42. The fraction of sp³-hybridized carbons (Fsp3) is 0. The van der Waals surface area contributed by atoms with Gasteiger partial charge in [-0.1, -0.05) is 0 Å². The zero-order chi connectivity index (χ0) is 15.7. The van der Waals surface area contributed by atoms with Crippen LogP contribution in [0.4, 0.5) is 14.5 Å². The number of hydrogen-bond acceptors (Lipinski definition) is 5. The molecule has 106 valence electrons. The topological polar surface area (TPSA) is 122 Å². The van der Waals surface area contributed by atoms with Crippen molar-refractivity contribution in [3.8, 4) is 11.8 Å². The summed E-state index contributed by atoms with van der Waals surface area (Å²) in [5.41, 5.74) is -4.35. The van der Waals surface area contributed by atoms with E-state index in [4.69, 9.17) is 5.26 Å². The van der Waals surface area contributed by atoms with Crippen LogP contribution in [0.3, 0.4) is 0 Å². The molecule has 0 atom stereocenters. The molecule has 2 aromatic rings. The van der Waals surface area contributed by atoms with Crippen LogP contribution in [0.1, 0.15) is 5.56 Å². The highest BCUT2D eigenvalue weighted by Gasteiger charge is 2.20. The van der Waals surface area contributed by atoms with E-state index in [2.05, 4.69) is 0 Å². The van der Waals surface area contributed by atoms with Crippen LogP contribution in [0.2, 0.25) is 0 Å². The van der Waals surface area contributed by atoms with Gasteiger partial charge in [0, 0.05) is 18.3 Å². The van der Waals surface area contributed by atoms with Crippen molar-refractivity contribution in [1.82, 2.24) is 9.55 Å². The van der Waals surface area contributed by atoms with Crippen molar-refractivity contribution in [1.29, 1.82) is 5.26 Å². The van der Waals surface area contributed by atoms with Crippen LogP contribution in [-0.4, -0.2) is 14.5 Å². The summed E-state index contributed by atoms with van der Waals surface area (Å²) in [6.45, 7) is 0. The van der Waals surface area contributed by atoms with Gasteiger partial charge in [-0.2, -0.15) is 9.65 Å². The van der Waals surface area contributed by atoms with Gasteiger partial charge in [0.1, 0.15) is 11.6 Å². The summed E-state index contributed by atoms with van der Waals surface area (Å²) in [6, 6.07) is 2.19. The van der Waals surface area contributed by atoms with E-state index < -0.39 is 44.7 Å². The molecular formula is C11H4F2N4O4. The first-order valence-corrected chi connectivity index (χ1v) is 5.25. The number of halogens is 2. The number of nitrogens with zero attached hydrogens (tertiary/aromatic N) is 3. The first-order valence-electron chi connectivity index (χ1n) is 5.25. The number of nitriles is 1. The molecule has 0 saturated heterocycles. The maximum atomic E-state index is 13.7. The zero-order valence-electron chi connectivity index (χ0n) is 9.96. The summed E-state index contributed by atoms with van der Waals surface area (Å²) < 4.78 is 27.4. The number of H-pyrrole nitrogens is 1. The first-order chi connectivity index (χ1) is 9.85. The average molecular weight is 294 g/mol. The summed E-state index contributed by atoms with van der Waals surface area (Å²) in [5.74, 6) is -2.68. The standard InChI is InChI=1S/C11H4F2N4O4/c12-6-1-7(13)9(17(20)21)2-8(6)16-4-5(3-14)10(18)15-11(16)19/h1-2,4H,(H,15,18,19). The Morgan fingerprint density at radius 3 is 2.52 bits per heavy atom. The Morgan fingerprint density at radius 2 is 1.95 bits per heavy atom. The number of nitrogens with one attached hydrogen (secondary N) is 1. The molecule has 1 heterocycles. The number of hydrogen-bond donors (Lipinski definition) is 1. The lowest BCUT2D eigenvalue weighted by Crippen LogP contribution is -2.30. The van der Waals surface area contributed by atoms with Gasteiger partial charge in [0.2, 0.25) is 5.82 Å². The SMILES string of the molecule is N#Cc1cn(-c2cc([N+](=O)[O-])c(F)cc2F)c(=O)[nH]c1=O. The summed E-state index contributed by atoms with van der Waals surface area (Å²) in [4.78, 5) is 34.1. The lowest BCUT2D eigenvalue weighted by atomic mass is 10.2. The smallest absolute Gasteiger partial charge is 0.273 e. The molecule has 0 aliphatic carbocycles. The van der Waals surface area contributed by atoms with E-state index in [9.17, 15) is 28.5 Å².